The van der Waals surface area contributed by atoms with E-state index < -0.39 is 0 Å². The molecule has 114 valence electrons. The molecule has 1 aromatic heterocycles. The summed E-state index contributed by atoms with van der Waals surface area (Å²) in [4.78, 5) is 15.4. The summed E-state index contributed by atoms with van der Waals surface area (Å²) < 4.78 is 0. The van der Waals surface area contributed by atoms with Crippen molar-refractivity contribution in [3.63, 3.8) is 0 Å². The molecule has 1 heterocycles. The number of hydrogen-bond acceptors (Lipinski definition) is 4. The summed E-state index contributed by atoms with van der Waals surface area (Å²) in [6.07, 6.45) is 1.05. The molecule has 0 saturated heterocycles. The Balaban J connectivity index is 2.43. The number of thiophene rings is 1. The van der Waals surface area contributed by atoms with Crippen LogP contribution < -0.4 is 10.6 Å². The van der Waals surface area contributed by atoms with Crippen LogP contribution in [0, 0.1) is 5.92 Å². The summed E-state index contributed by atoms with van der Waals surface area (Å²) in [6.45, 7) is 6.65. The van der Waals surface area contributed by atoms with Crippen LogP contribution in [-0.4, -0.2) is 44.5 Å². The van der Waals surface area contributed by atoms with Gasteiger partial charge in [0.15, 0.2) is 0 Å². The molecule has 5 heteroatoms. The van der Waals surface area contributed by atoms with Gasteiger partial charge in [-0.15, -0.1) is 11.3 Å². The van der Waals surface area contributed by atoms with Crippen molar-refractivity contribution >= 4 is 17.2 Å². The molecule has 1 unspecified atom stereocenters. The lowest BCUT2D eigenvalue weighted by atomic mass is 10.0. The molecule has 0 spiro atoms. The van der Waals surface area contributed by atoms with E-state index in [0.29, 0.717) is 12.5 Å². The number of nitrogens with zero attached hydrogens (tertiary/aromatic N) is 1. The van der Waals surface area contributed by atoms with Crippen molar-refractivity contribution in [2.45, 2.75) is 26.3 Å². The second-order valence-corrected chi connectivity index (χ2v) is 6.48. The highest BCUT2D eigenvalue weighted by Gasteiger charge is 2.19. The lowest BCUT2D eigenvalue weighted by Crippen LogP contribution is -2.39. The van der Waals surface area contributed by atoms with Gasteiger partial charge in [0.1, 0.15) is 0 Å². The molecule has 0 aliphatic carbocycles. The van der Waals surface area contributed by atoms with Gasteiger partial charge in [0.05, 0.1) is 12.6 Å². The van der Waals surface area contributed by atoms with Crippen LogP contribution in [0.25, 0.3) is 0 Å². The van der Waals surface area contributed by atoms with E-state index in [1.165, 1.54) is 4.88 Å². The van der Waals surface area contributed by atoms with Crippen molar-refractivity contribution in [2.24, 2.45) is 5.92 Å². The van der Waals surface area contributed by atoms with Crippen LogP contribution in [-0.2, 0) is 4.79 Å². The van der Waals surface area contributed by atoms with Crippen LogP contribution >= 0.6 is 11.3 Å². The lowest BCUT2D eigenvalue weighted by molar-refractivity contribution is -0.123. The van der Waals surface area contributed by atoms with Gasteiger partial charge in [-0.25, -0.2) is 0 Å². The van der Waals surface area contributed by atoms with Gasteiger partial charge in [-0.05, 0) is 51.0 Å². The van der Waals surface area contributed by atoms with Crippen molar-refractivity contribution in [2.75, 3.05) is 33.7 Å². The van der Waals surface area contributed by atoms with E-state index in [4.69, 9.17) is 0 Å². The van der Waals surface area contributed by atoms with E-state index in [1.54, 1.807) is 11.3 Å². The molecule has 1 rings (SSSR count). The van der Waals surface area contributed by atoms with Crippen molar-refractivity contribution in [3.05, 3.63) is 22.4 Å². The average molecular weight is 297 g/mol. The van der Waals surface area contributed by atoms with E-state index >= 15 is 0 Å². The zero-order chi connectivity index (χ0) is 15.0. The predicted octanol–water partition coefficient (Wildman–Crippen LogP) is 2.10. The predicted molar refractivity (Wildman–Crippen MR) is 86.1 cm³/mol. The van der Waals surface area contributed by atoms with Crippen LogP contribution in [0.4, 0.5) is 0 Å². The summed E-state index contributed by atoms with van der Waals surface area (Å²) in [7, 11) is 3.94. The quantitative estimate of drug-likeness (QED) is 0.686. The Kier molecular flexibility index (Phi) is 7.80. The van der Waals surface area contributed by atoms with E-state index in [9.17, 15) is 4.79 Å². The maximum Gasteiger partial charge on any atom is 0.234 e. The first-order chi connectivity index (χ1) is 9.54. The summed E-state index contributed by atoms with van der Waals surface area (Å²) in [5.74, 6) is 0.497. The minimum absolute atomic E-state index is 0.101. The van der Waals surface area contributed by atoms with Crippen molar-refractivity contribution in [3.8, 4) is 0 Å². The molecular weight excluding hydrogens is 270 g/mol. The third kappa shape index (κ3) is 6.03. The second-order valence-electron chi connectivity index (χ2n) is 5.50. The van der Waals surface area contributed by atoms with Gasteiger partial charge < -0.3 is 10.6 Å². The third-order valence-corrected chi connectivity index (χ3v) is 4.17. The first kappa shape index (κ1) is 17.1. The van der Waals surface area contributed by atoms with Crippen LogP contribution in [0.15, 0.2) is 17.5 Å². The van der Waals surface area contributed by atoms with Gasteiger partial charge in [0, 0.05) is 4.88 Å². The molecule has 0 aromatic carbocycles. The zero-order valence-electron chi connectivity index (χ0n) is 13.0. The highest BCUT2D eigenvalue weighted by molar-refractivity contribution is 7.10. The monoisotopic (exact) mass is 297 g/mol. The van der Waals surface area contributed by atoms with Crippen LogP contribution in [0.5, 0.6) is 0 Å². The first-order valence-electron chi connectivity index (χ1n) is 7.20. The van der Waals surface area contributed by atoms with Gasteiger partial charge in [0.2, 0.25) is 5.91 Å². The van der Waals surface area contributed by atoms with Gasteiger partial charge in [-0.2, -0.15) is 0 Å². The standard InChI is InChI=1S/C15H27N3OS/c1-12(2)15(13-7-5-10-20-13)17-14(19)11-18(4)9-6-8-16-3/h5,7,10,12,15-16H,6,8-9,11H2,1-4H3,(H,17,19). The Morgan fingerprint density at radius 1 is 1.45 bits per heavy atom. The fourth-order valence-electron chi connectivity index (χ4n) is 2.10. The minimum atomic E-state index is 0.101. The van der Waals surface area contributed by atoms with Gasteiger partial charge in [-0.1, -0.05) is 19.9 Å². The van der Waals surface area contributed by atoms with E-state index in [2.05, 4.69) is 40.8 Å². The molecule has 4 nitrogen and oxygen atoms in total. The largest absolute Gasteiger partial charge is 0.347 e. The molecule has 1 aromatic rings. The minimum Gasteiger partial charge on any atom is -0.347 e. The summed E-state index contributed by atoms with van der Waals surface area (Å²) in [5, 5.41) is 8.33. The number of amides is 1. The summed E-state index contributed by atoms with van der Waals surface area (Å²) >= 11 is 1.70. The van der Waals surface area contributed by atoms with Gasteiger partial charge >= 0.3 is 0 Å². The maximum absolute atomic E-state index is 12.1. The van der Waals surface area contributed by atoms with E-state index in [1.807, 2.05) is 20.2 Å². The molecule has 1 amide bonds. The van der Waals surface area contributed by atoms with Crippen LogP contribution in [0.1, 0.15) is 31.2 Å². The zero-order valence-corrected chi connectivity index (χ0v) is 13.8. The molecule has 0 aliphatic rings. The lowest BCUT2D eigenvalue weighted by Gasteiger charge is -2.23. The molecule has 2 N–H and O–H groups in total. The summed E-state index contributed by atoms with van der Waals surface area (Å²) in [5.41, 5.74) is 0. The number of carbonyl (C=O) groups is 1. The Morgan fingerprint density at radius 2 is 2.20 bits per heavy atom. The highest BCUT2D eigenvalue weighted by atomic mass is 32.1. The normalized spacial score (nSPS) is 12.9. The number of carbonyl (C=O) groups excluding carboxylic acids is 1. The Hall–Kier alpha value is -0.910. The fraction of sp³-hybridized carbons (Fsp3) is 0.667. The molecule has 1 atom stereocenters. The van der Waals surface area contributed by atoms with Crippen molar-refractivity contribution < 1.29 is 4.79 Å². The van der Waals surface area contributed by atoms with Crippen molar-refractivity contribution in [1.29, 1.82) is 0 Å². The topological polar surface area (TPSA) is 44.4 Å². The Labute approximate surface area is 126 Å². The molecular formula is C15H27N3OS. The first-order valence-corrected chi connectivity index (χ1v) is 8.08. The van der Waals surface area contributed by atoms with Gasteiger partial charge in [0.25, 0.3) is 0 Å². The second kappa shape index (κ2) is 9.10. The number of likely N-dealkylation sites (N-methyl/N-ethyl adjacent to an activating group) is 1. The molecule has 20 heavy (non-hydrogen) atoms. The van der Waals surface area contributed by atoms with Crippen LogP contribution in [0.2, 0.25) is 0 Å². The fourth-order valence-corrected chi connectivity index (χ4v) is 3.05. The number of hydrogen-bond donors (Lipinski definition) is 2. The summed E-state index contributed by atoms with van der Waals surface area (Å²) in [6, 6.07) is 4.24. The Morgan fingerprint density at radius 3 is 2.75 bits per heavy atom. The van der Waals surface area contributed by atoms with Gasteiger partial charge in [-0.3, -0.25) is 9.69 Å². The average Bonchev–Trinajstić information content (AvgIpc) is 2.89. The highest BCUT2D eigenvalue weighted by Crippen LogP contribution is 2.25. The molecule has 0 fully saturated rings. The SMILES string of the molecule is CNCCCN(C)CC(=O)NC(c1cccs1)C(C)C. The maximum atomic E-state index is 12.1. The smallest absolute Gasteiger partial charge is 0.234 e. The van der Waals surface area contributed by atoms with E-state index in [0.717, 1.165) is 19.5 Å². The van der Waals surface area contributed by atoms with Crippen LogP contribution in [0.3, 0.4) is 0 Å². The molecule has 0 saturated carbocycles. The molecule has 0 bridgehead atoms. The molecule has 0 radical (unpaired) electrons. The number of rotatable bonds is 9. The Bertz CT molecular complexity index is 378. The third-order valence-electron chi connectivity index (χ3n) is 3.21. The molecule has 0 aliphatic heterocycles. The van der Waals surface area contributed by atoms with E-state index in [-0.39, 0.29) is 11.9 Å². The number of nitrogens with one attached hydrogen (secondary N) is 2. The van der Waals surface area contributed by atoms with Crippen molar-refractivity contribution in [1.82, 2.24) is 15.5 Å².